The first-order chi connectivity index (χ1) is 12.2. The molecule has 1 heterocycles. The summed E-state index contributed by atoms with van der Waals surface area (Å²) < 4.78 is 41.4. The summed E-state index contributed by atoms with van der Waals surface area (Å²) in [6.45, 7) is 0.321. The summed E-state index contributed by atoms with van der Waals surface area (Å²) in [5, 5.41) is 10.8. The molecule has 0 aromatic heterocycles. The maximum absolute atomic E-state index is 15.1. The Labute approximate surface area is 151 Å². The molecule has 9 heteroatoms. The maximum atomic E-state index is 15.1. The van der Waals surface area contributed by atoms with Gasteiger partial charge in [0.2, 0.25) is 0 Å². The molecular formula is C17H20FN3O4S. The van der Waals surface area contributed by atoms with Gasteiger partial charge in [0.1, 0.15) is 18.0 Å². The van der Waals surface area contributed by atoms with Gasteiger partial charge in [-0.3, -0.25) is 4.79 Å². The number of anilines is 1. The summed E-state index contributed by atoms with van der Waals surface area (Å²) in [4.78, 5) is 13.5. The quantitative estimate of drug-likeness (QED) is 0.816. The van der Waals surface area contributed by atoms with E-state index in [1.807, 2.05) is 20.2 Å². The maximum Gasteiger partial charge on any atom is 0.326 e. The van der Waals surface area contributed by atoms with Gasteiger partial charge in [-0.25, -0.2) is 13.4 Å². The number of phenols is 1. The average Bonchev–Trinajstić information content (AvgIpc) is 2.80. The number of aryl methyl sites for hydroxylation is 1. The molecule has 7 nitrogen and oxygen atoms in total. The zero-order chi connectivity index (χ0) is 19.1. The molecule has 3 rings (SSSR count). The number of benzene rings is 2. The van der Waals surface area contributed by atoms with Crippen molar-refractivity contribution in [1.29, 1.82) is 0 Å². The first-order valence-corrected chi connectivity index (χ1v) is 9.55. The predicted molar refractivity (Wildman–Crippen MR) is 96.9 cm³/mol. The van der Waals surface area contributed by atoms with E-state index in [4.69, 9.17) is 0 Å². The number of fused-ring (bicyclic) bond motifs is 1. The molecule has 140 valence electrons. The van der Waals surface area contributed by atoms with E-state index in [0.29, 0.717) is 9.69 Å². The summed E-state index contributed by atoms with van der Waals surface area (Å²) in [5.41, 5.74) is 0.398. The Morgan fingerprint density at radius 2 is 2.04 bits per heavy atom. The van der Waals surface area contributed by atoms with E-state index in [-0.39, 0.29) is 5.39 Å². The molecule has 0 atom stereocenters. The number of aromatic hydroxyl groups is 1. The molecule has 2 N–H and O–H groups in total. The van der Waals surface area contributed by atoms with Gasteiger partial charge in [0, 0.05) is 5.39 Å². The molecule has 1 aliphatic heterocycles. The lowest BCUT2D eigenvalue weighted by Gasteiger charge is -2.18. The predicted octanol–water partition coefficient (Wildman–Crippen LogP) is 1.36. The van der Waals surface area contributed by atoms with E-state index < -0.39 is 39.9 Å². The number of hydrogen-bond donors (Lipinski definition) is 2. The van der Waals surface area contributed by atoms with E-state index >= 15 is 4.39 Å². The van der Waals surface area contributed by atoms with Crippen LogP contribution >= 0.6 is 0 Å². The van der Waals surface area contributed by atoms with Crippen molar-refractivity contribution in [1.82, 2.24) is 9.62 Å². The third-order valence-electron chi connectivity index (χ3n) is 4.24. The molecule has 1 saturated heterocycles. The Balaban J connectivity index is 2.04. The Kier molecular flexibility index (Phi) is 4.76. The number of halogens is 1. The van der Waals surface area contributed by atoms with Crippen LogP contribution in [0.5, 0.6) is 5.75 Å². The number of carbonyl (C=O) groups is 1. The lowest BCUT2D eigenvalue weighted by Crippen LogP contribution is -2.30. The molecule has 26 heavy (non-hydrogen) atoms. The van der Waals surface area contributed by atoms with Gasteiger partial charge in [-0.15, -0.1) is 0 Å². The Morgan fingerprint density at radius 1 is 1.31 bits per heavy atom. The van der Waals surface area contributed by atoms with Crippen LogP contribution < -0.4 is 9.03 Å². The monoisotopic (exact) mass is 381 g/mol. The van der Waals surface area contributed by atoms with E-state index in [1.54, 1.807) is 16.9 Å². The smallest absolute Gasteiger partial charge is 0.326 e. The molecule has 2 aromatic carbocycles. The van der Waals surface area contributed by atoms with Gasteiger partial charge in [0.05, 0.1) is 0 Å². The highest BCUT2D eigenvalue weighted by Crippen LogP contribution is 2.38. The standard InChI is InChI=1S/C17H20FN3O4S/c1-20(2)7-3-4-11-5-6-12-9-14(22)17(16(18)13(12)8-11)21-10-15(23)19-26(21,24)25/h5-6,8-9,22H,3-4,7,10H2,1-2H3,(H,19,23). The number of nitrogens with one attached hydrogen (secondary N) is 1. The van der Waals surface area contributed by atoms with Gasteiger partial charge in [-0.1, -0.05) is 12.1 Å². The van der Waals surface area contributed by atoms with Crippen LogP contribution in [0.25, 0.3) is 10.8 Å². The topological polar surface area (TPSA) is 89.9 Å². The fourth-order valence-electron chi connectivity index (χ4n) is 3.01. The van der Waals surface area contributed by atoms with Gasteiger partial charge in [0.15, 0.2) is 5.82 Å². The second kappa shape index (κ2) is 6.73. The SMILES string of the molecule is CN(C)CCCc1ccc2cc(O)c(N3CC(=O)NS3(=O)=O)c(F)c2c1. The lowest BCUT2D eigenvalue weighted by molar-refractivity contribution is -0.117. The number of carbonyl (C=O) groups excluding carboxylic acids is 1. The fourth-order valence-corrected chi connectivity index (χ4v) is 4.18. The molecule has 1 fully saturated rings. The highest BCUT2D eigenvalue weighted by Gasteiger charge is 2.37. The van der Waals surface area contributed by atoms with Crippen LogP contribution in [-0.2, 0) is 21.4 Å². The molecule has 0 saturated carbocycles. The third-order valence-corrected chi connectivity index (χ3v) is 5.61. The van der Waals surface area contributed by atoms with Crippen LogP contribution in [0.2, 0.25) is 0 Å². The zero-order valence-electron chi connectivity index (χ0n) is 14.5. The van der Waals surface area contributed by atoms with Crippen molar-refractivity contribution in [2.24, 2.45) is 0 Å². The molecule has 2 aromatic rings. The highest BCUT2D eigenvalue weighted by molar-refractivity contribution is 7.92. The van der Waals surface area contributed by atoms with Crippen LogP contribution in [0.3, 0.4) is 0 Å². The Hall–Kier alpha value is -2.39. The van der Waals surface area contributed by atoms with E-state index in [1.165, 1.54) is 6.07 Å². The Morgan fingerprint density at radius 3 is 2.65 bits per heavy atom. The van der Waals surface area contributed by atoms with Crippen molar-refractivity contribution in [2.45, 2.75) is 12.8 Å². The summed E-state index contributed by atoms with van der Waals surface area (Å²) in [6, 6.07) is 6.50. The Bertz CT molecular complexity index is 976. The van der Waals surface area contributed by atoms with Crippen molar-refractivity contribution in [3.05, 3.63) is 35.6 Å². The fraction of sp³-hybridized carbons (Fsp3) is 0.353. The van der Waals surface area contributed by atoms with Crippen LogP contribution in [-0.4, -0.2) is 51.5 Å². The van der Waals surface area contributed by atoms with Crippen LogP contribution in [0.4, 0.5) is 10.1 Å². The van der Waals surface area contributed by atoms with Gasteiger partial charge >= 0.3 is 10.2 Å². The van der Waals surface area contributed by atoms with E-state index in [0.717, 1.165) is 24.9 Å². The molecule has 1 amide bonds. The third kappa shape index (κ3) is 3.45. The number of rotatable bonds is 5. The number of amides is 1. The van der Waals surface area contributed by atoms with E-state index in [2.05, 4.69) is 4.90 Å². The minimum atomic E-state index is -4.21. The van der Waals surface area contributed by atoms with Crippen molar-refractivity contribution >= 4 is 32.6 Å². The second-order valence-electron chi connectivity index (χ2n) is 6.56. The van der Waals surface area contributed by atoms with Crippen molar-refractivity contribution in [3.63, 3.8) is 0 Å². The second-order valence-corrected chi connectivity index (χ2v) is 8.15. The zero-order valence-corrected chi connectivity index (χ0v) is 15.3. The molecule has 1 aliphatic rings. The van der Waals surface area contributed by atoms with Gasteiger partial charge in [0.25, 0.3) is 5.91 Å². The number of phenolic OH excluding ortho intramolecular Hbond substituents is 1. The van der Waals surface area contributed by atoms with Crippen LogP contribution in [0, 0.1) is 5.82 Å². The minimum Gasteiger partial charge on any atom is -0.506 e. The summed E-state index contributed by atoms with van der Waals surface area (Å²) >= 11 is 0. The summed E-state index contributed by atoms with van der Waals surface area (Å²) in [5.74, 6) is -2.17. The number of hydrogen-bond acceptors (Lipinski definition) is 5. The molecule has 0 aliphatic carbocycles. The average molecular weight is 381 g/mol. The molecule has 0 spiro atoms. The molecule has 0 bridgehead atoms. The van der Waals surface area contributed by atoms with Crippen molar-refractivity contribution in [3.8, 4) is 5.75 Å². The lowest BCUT2D eigenvalue weighted by atomic mass is 10.0. The van der Waals surface area contributed by atoms with Crippen LogP contribution in [0.15, 0.2) is 24.3 Å². The molecule has 0 radical (unpaired) electrons. The van der Waals surface area contributed by atoms with E-state index in [9.17, 15) is 18.3 Å². The normalized spacial score (nSPS) is 16.5. The highest BCUT2D eigenvalue weighted by atomic mass is 32.2. The number of nitrogens with zero attached hydrogens (tertiary/aromatic N) is 2. The van der Waals surface area contributed by atoms with Crippen LogP contribution in [0.1, 0.15) is 12.0 Å². The minimum absolute atomic E-state index is 0.203. The summed E-state index contributed by atoms with van der Waals surface area (Å²) in [7, 11) is -0.262. The van der Waals surface area contributed by atoms with Gasteiger partial charge in [-0.05, 0) is 56.6 Å². The van der Waals surface area contributed by atoms with Crippen molar-refractivity contribution in [2.75, 3.05) is 31.5 Å². The van der Waals surface area contributed by atoms with Crippen molar-refractivity contribution < 1.29 is 22.7 Å². The molecule has 0 unspecified atom stereocenters. The summed E-state index contributed by atoms with van der Waals surface area (Å²) in [6.07, 6.45) is 1.63. The first kappa shape index (κ1) is 18.4. The molecular weight excluding hydrogens is 361 g/mol. The van der Waals surface area contributed by atoms with Gasteiger partial charge < -0.3 is 10.0 Å². The van der Waals surface area contributed by atoms with Gasteiger partial charge in [-0.2, -0.15) is 8.42 Å². The first-order valence-electron chi connectivity index (χ1n) is 8.11. The largest absolute Gasteiger partial charge is 0.506 e.